The molecule has 1 aliphatic rings. The first-order valence-electron chi connectivity index (χ1n) is 9.58. The lowest BCUT2D eigenvalue weighted by Gasteiger charge is -2.33. The van der Waals surface area contributed by atoms with Gasteiger partial charge in [-0.25, -0.2) is 8.42 Å². The molecule has 3 heterocycles. The first-order chi connectivity index (χ1) is 13.6. The molecule has 1 aliphatic heterocycles. The van der Waals surface area contributed by atoms with Crippen LogP contribution < -0.4 is 5.32 Å². The number of aryl methyl sites for hydroxylation is 1. The molecule has 1 amide bonds. The molecule has 1 saturated heterocycles. The van der Waals surface area contributed by atoms with Crippen molar-refractivity contribution in [2.45, 2.75) is 51.0 Å². The number of nitrogens with zero attached hydrogens (tertiary/aromatic N) is 2. The number of rotatable bonds is 5. The topological polar surface area (TPSA) is 106 Å². The Hall–Kier alpha value is -2.39. The SMILES string of the molecule is Cc1noc(/C=C/c2ccco2)c1S(=O)(=O)N1CCC[C@H](C(=O)NC(C)(C)C)C1. The van der Waals surface area contributed by atoms with E-state index < -0.39 is 10.0 Å². The predicted molar refractivity (Wildman–Crippen MR) is 108 cm³/mol. The number of aromatic nitrogens is 1. The van der Waals surface area contributed by atoms with E-state index in [2.05, 4.69) is 10.5 Å². The summed E-state index contributed by atoms with van der Waals surface area (Å²) in [6, 6.07) is 3.48. The minimum Gasteiger partial charge on any atom is -0.465 e. The summed E-state index contributed by atoms with van der Waals surface area (Å²) < 4.78 is 38.5. The molecular formula is C20H27N3O5S. The number of hydrogen-bond acceptors (Lipinski definition) is 6. The molecule has 0 unspecified atom stereocenters. The molecule has 1 fully saturated rings. The monoisotopic (exact) mass is 421 g/mol. The number of hydrogen-bond donors (Lipinski definition) is 1. The second-order valence-corrected chi connectivity index (χ2v) is 10.1. The Morgan fingerprint density at radius 1 is 1.34 bits per heavy atom. The van der Waals surface area contributed by atoms with Gasteiger partial charge in [-0.15, -0.1) is 0 Å². The summed E-state index contributed by atoms with van der Waals surface area (Å²) in [5, 5.41) is 6.78. The molecule has 1 atom stereocenters. The average Bonchev–Trinajstić information content (AvgIpc) is 3.28. The van der Waals surface area contributed by atoms with Crippen molar-refractivity contribution in [1.82, 2.24) is 14.8 Å². The molecule has 158 valence electrons. The molecule has 0 saturated carbocycles. The van der Waals surface area contributed by atoms with Crippen molar-refractivity contribution >= 4 is 28.1 Å². The summed E-state index contributed by atoms with van der Waals surface area (Å²) in [5.41, 5.74) is -0.0852. The molecule has 9 heteroatoms. The van der Waals surface area contributed by atoms with Crippen molar-refractivity contribution in [3.05, 3.63) is 35.6 Å². The smallest absolute Gasteiger partial charge is 0.248 e. The van der Waals surface area contributed by atoms with Crippen LogP contribution in [0.25, 0.3) is 12.2 Å². The van der Waals surface area contributed by atoms with E-state index in [1.807, 2.05) is 20.8 Å². The van der Waals surface area contributed by atoms with Crippen LogP contribution in [0.3, 0.4) is 0 Å². The van der Waals surface area contributed by atoms with Crippen LogP contribution in [0.4, 0.5) is 0 Å². The fraction of sp³-hybridized carbons (Fsp3) is 0.500. The Labute approximate surface area is 171 Å². The molecule has 1 N–H and O–H groups in total. The van der Waals surface area contributed by atoms with Crippen LogP contribution in [-0.4, -0.2) is 42.4 Å². The molecule has 0 aromatic carbocycles. The van der Waals surface area contributed by atoms with Crippen molar-refractivity contribution in [2.75, 3.05) is 13.1 Å². The van der Waals surface area contributed by atoms with Gasteiger partial charge in [0.15, 0.2) is 10.7 Å². The maximum atomic E-state index is 13.3. The number of furan rings is 1. The molecule has 8 nitrogen and oxygen atoms in total. The Morgan fingerprint density at radius 2 is 2.10 bits per heavy atom. The van der Waals surface area contributed by atoms with Crippen molar-refractivity contribution in [2.24, 2.45) is 5.92 Å². The van der Waals surface area contributed by atoms with E-state index in [9.17, 15) is 13.2 Å². The Kier molecular flexibility index (Phi) is 6.00. The lowest BCUT2D eigenvalue weighted by Crippen LogP contribution is -2.49. The summed E-state index contributed by atoms with van der Waals surface area (Å²) in [4.78, 5) is 12.6. The minimum absolute atomic E-state index is 0.0252. The maximum Gasteiger partial charge on any atom is 0.248 e. The van der Waals surface area contributed by atoms with Gasteiger partial charge in [0, 0.05) is 18.6 Å². The largest absolute Gasteiger partial charge is 0.465 e. The lowest BCUT2D eigenvalue weighted by atomic mass is 9.97. The molecule has 0 aliphatic carbocycles. The standard InChI is InChI=1S/C20H27N3O5S/c1-14-18(17(28-22-14)10-9-16-8-6-12-27-16)29(25,26)23-11-5-7-15(13-23)19(24)21-20(2,3)4/h6,8-10,12,15H,5,7,11,13H2,1-4H3,(H,21,24)/b10-9+/t15-/m0/s1. The van der Waals surface area contributed by atoms with E-state index in [1.54, 1.807) is 25.1 Å². The number of nitrogens with one attached hydrogen (secondary N) is 1. The summed E-state index contributed by atoms with van der Waals surface area (Å²) >= 11 is 0. The van der Waals surface area contributed by atoms with E-state index in [1.165, 1.54) is 16.6 Å². The lowest BCUT2D eigenvalue weighted by molar-refractivity contribution is -0.127. The van der Waals surface area contributed by atoms with E-state index in [-0.39, 0.29) is 40.3 Å². The second kappa shape index (κ2) is 8.16. The Bertz CT molecular complexity index is 984. The highest BCUT2D eigenvalue weighted by atomic mass is 32.2. The van der Waals surface area contributed by atoms with Gasteiger partial charge in [0.1, 0.15) is 11.5 Å². The van der Waals surface area contributed by atoms with Gasteiger partial charge in [0.05, 0.1) is 12.2 Å². The third-order valence-corrected chi connectivity index (χ3v) is 6.65. The summed E-state index contributed by atoms with van der Waals surface area (Å²) in [7, 11) is -3.87. The number of carbonyl (C=O) groups excluding carboxylic acids is 1. The van der Waals surface area contributed by atoms with Crippen molar-refractivity contribution < 1.29 is 22.2 Å². The Morgan fingerprint density at radius 3 is 2.76 bits per heavy atom. The fourth-order valence-electron chi connectivity index (χ4n) is 3.32. The highest BCUT2D eigenvalue weighted by Crippen LogP contribution is 2.29. The van der Waals surface area contributed by atoms with Gasteiger partial charge in [0.25, 0.3) is 0 Å². The van der Waals surface area contributed by atoms with Crippen LogP contribution >= 0.6 is 0 Å². The van der Waals surface area contributed by atoms with E-state index in [0.717, 1.165) is 0 Å². The van der Waals surface area contributed by atoms with Gasteiger partial charge in [-0.2, -0.15) is 4.31 Å². The summed E-state index contributed by atoms with van der Waals surface area (Å²) in [6.45, 7) is 7.79. The third-order valence-electron chi connectivity index (χ3n) is 4.63. The average molecular weight is 422 g/mol. The number of sulfonamides is 1. The maximum absolute atomic E-state index is 13.3. The highest BCUT2D eigenvalue weighted by Gasteiger charge is 2.37. The van der Waals surface area contributed by atoms with Crippen LogP contribution in [0.15, 0.2) is 32.2 Å². The zero-order valence-electron chi connectivity index (χ0n) is 17.1. The van der Waals surface area contributed by atoms with Crippen LogP contribution in [-0.2, 0) is 14.8 Å². The van der Waals surface area contributed by atoms with Gasteiger partial charge in [0.2, 0.25) is 15.9 Å². The van der Waals surface area contributed by atoms with E-state index in [4.69, 9.17) is 8.94 Å². The van der Waals surface area contributed by atoms with Crippen LogP contribution in [0, 0.1) is 12.8 Å². The molecular weight excluding hydrogens is 394 g/mol. The van der Waals surface area contributed by atoms with Gasteiger partial charge in [-0.3, -0.25) is 4.79 Å². The van der Waals surface area contributed by atoms with Gasteiger partial charge in [-0.05, 0) is 64.8 Å². The second-order valence-electron chi connectivity index (χ2n) is 8.25. The van der Waals surface area contributed by atoms with Crippen LogP contribution in [0.5, 0.6) is 0 Å². The molecule has 0 spiro atoms. The summed E-state index contributed by atoms with van der Waals surface area (Å²) in [6.07, 6.45) is 5.94. The highest BCUT2D eigenvalue weighted by molar-refractivity contribution is 7.89. The van der Waals surface area contributed by atoms with Crippen molar-refractivity contribution in [3.63, 3.8) is 0 Å². The van der Waals surface area contributed by atoms with E-state index in [0.29, 0.717) is 25.1 Å². The van der Waals surface area contributed by atoms with Gasteiger partial charge in [-0.1, -0.05) is 5.16 Å². The third kappa shape index (κ3) is 4.97. The summed E-state index contributed by atoms with van der Waals surface area (Å²) in [5.74, 6) is 0.192. The van der Waals surface area contributed by atoms with E-state index >= 15 is 0 Å². The zero-order chi connectivity index (χ0) is 21.2. The number of amides is 1. The normalized spacial score (nSPS) is 19.0. The molecule has 0 radical (unpaired) electrons. The minimum atomic E-state index is -3.87. The van der Waals surface area contributed by atoms with Crippen LogP contribution in [0.1, 0.15) is 50.8 Å². The molecule has 0 bridgehead atoms. The molecule has 2 aromatic heterocycles. The number of piperidine rings is 1. The van der Waals surface area contributed by atoms with Crippen LogP contribution in [0.2, 0.25) is 0 Å². The molecule has 29 heavy (non-hydrogen) atoms. The quantitative estimate of drug-likeness (QED) is 0.795. The first-order valence-corrected chi connectivity index (χ1v) is 11.0. The Balaban J connectivity index is 1.83. The predicted octanol–water partition coefficient (Wildman–Crippen LogP) is 3.06. The van der Waals surface area contributed by atoms with Gasteiger partial charge < -0.3 is 14.3 Å². The fourth-order valence-corrected chi connectivity index (χ4v) is 5.09. The zero-order valence-corrected chi connectivity index (χ0v) is 18.0. The van der Waals surface area contributed by atoms with Crippen molar-refractivity contribution in [3.8, 4) is 0 Å². The van der Waals surface area contributed by atoms with Gasteiger partial charge >= 0.3 is 0 Å². The first kappa shape index (κ1) is 21.3. The number of carbonyl (C=O) groups is 1. The van der Waals surface area contributed by atoms with Crippen molar-refractivity contribution in [1.29, 1.82) is 0 Å². The molecule has 3 rings (SSSR count). The molecule has 2 aromatic rings.